The minimum Gasteiger partial charge on any atom is -0.489 e. The highest BCUT2D eigenvalue weighted by Crippen LogP contribution is 2.24. The Morgan fingerprint density at radius 3 is 2.20 bits per heavy atom. The predicted molar refractivity (Wildman–Crippen MR) is 96.2 cm³/mol. The third-order valence-corrected chi connectivity index (χ3v) is 3.47. The van der Waals surface area contributed by atoms with Gasteiger partial charge in [0.1, 0.15) is 23.9 Å². The van der Waals surface area contributed by atoms with E-state index in [-0.39, 0.29) is 0 Å². The summed E-state index contributed by atoms with van der Waals surface area (Å²) >= 11 is 0. The topological polar surface area (TPSA) is 81.5 Å². The maximum atomic E-state index is 7.81. The van der Waals surface area contributed by atoms with Gasteiger partial charge in [-0.15, -0.1) is 0 Å². The summed E-state index contributed by atoms with van der Waals surface area (Å²) in [6, 6.07) is 16.5. The maximum absolute atomic E-state index is 7.81. The van der Waals surface area contributed by atoms with Crippen LogP contribution in [0.2, 0.25) is 0 Å². The van der Waals surface area contributed by atoms with E-state index in [1.54, 1.807) is 12.5 Å². The van der Waals surface area contributed by atoms with E-state index >= 15 is 0 Å². The van der Waals surface area contributed by atoms with Gasteiger partial charge in [-0.25, -0.2) is 0 Å². The number of hydrogen-bond acceptors (Lipinski definition) is 5. The van der Waals surface area contributed by atoms with Gasteiger partial charge in [-0.3, -0.25) is 0 Å². The molecule has 1 aromatic heterocycles. The number of furan rings is 1. The van der Waals surface area contributed by atoms with Gasteiger partial charge in [0.15, 0.2) is 0 Å². The molecule has 0 amide bonds. The maximum Gasteiger partial charge on any atom is 0.127 e. The zero-order chi connectivity index (χ0) is 17.5. The third-order valence-electron chi connectivity index (χ3n) is 3.47. The lowest BCUT2D eigenvalue weighted by molar-refractivity contribution is 0.304. The molecule has 3 rings (SSSR count). The molecule has 0 aliphatic carbocycles. The number of hydrogen-bond donors (Lipinski definition) is 2. The second kappa shape index (κ2) is 7.88. The van der Waals surface area contributed by atoms with Gasteiger partial charge >= 0.3 is 0 Å². The Labute approximate surface area is 145 Å². The molecule has 0 fully saturated rings. The van der Waals surface area contributed by atoms with Crippen LogP contribution in [0.25, 0.3) is 0 Å². The third kappa shape index (κ3) is 4.51. The van der Waals surface area contributed by atoms with Crippen LogP contribution in [0.15, 0.2) is 83.8 Å². The Morgan fingerprint density at radius 2 is 1.60 bits per heavy atom. The molecule has 0 atom stereocenters. The summed E-state index contributed by atoms with van der Waals surface area (Å²) < 4.78 is 16.5. The van der Waals surface area contributed by atoms with E-state index in [0.29, 0.717) is 23.8 Å². The zero-order valence-electron chi connectivity index (χ0n) is 13.5. The number of ether oxygens (including phenoxy) is 2. The van der Waals surface area contributed by atoms with Gasteiger partial charge in [0.2, 0.25) is 0 Å². The van der Waals surface area contributed by atoms with Gasteiger partial charge in [0.05, 0.1) is 18.2 Å². The molecule has 25 heavy (non-hydrogen) atoms. The number of nitrogens with two attached hydrogens (primary N) is 1. The average molecular weight is 334 g/mol. The summed E-state index contributed by atoms with van der Waals surface area (Å²) in [4.78, 5) is 0. The lowest BCUT2D eigenvalue weighted by atomic mass is 10.1. The van der Waals surface area contributed by atoms with Crippen molar-refractivity contribution >= 4 is 5.71 Å². The van der Waals surface area contributed by atoms with Crippen molar-refractivity contribution in [3.05, 3.63) is 90.5 Å². The van der Waals surface area contributed by atoms with Crippen molar-refractivity contribution in [3.63, 3.8) is 0 Å². The van der Waals surface area contributed by atoms with Crippen LogP contribution in [0, 0.1) is 5.41 Å². The van der Waals surface area contributed by atoms with Crippen molar-refractivity contribution in [2.24, 2.45) is 5.73 Å². The minimum atomic E-state index is 0.355. The fraction of sp³-hybridized carbons (Fsp3) is 0.0500. The molecule has 0 aliphatic rings. The molecular formula is C20H18N2O3. The van der Waals surface area contributed by atoms with Crippen LogP contribution >= 0.6 is 0 Å². The first kappa shape index (κ1) is 16.4. The molecule has 3 aromatic rings. The number of benzene rings is 2. The standard InChI is InChI=1S/C20H18N2O3/c21-11-9-20(22)16-1-3-18(4-2-16)25-19-7-5-17(6-8-19)24-14-15-10-12-23-13-15/h1-13,22H,14,21H2. The molecule has 0 bridgehead atoms. The van der Waals surface area contributed by atoms with E-state index in [9.17, 15) is 0 Å². The molecule has 3 N–H and O–H groups in total. The van der Waals surface area contributed by atoms with Gasteiger partial charge < -0.3 is 25.0 Å². The van der Waals surface area contributed by atoms with Gasteiger partial charge in [0.25, 0.3) is 0 Å². The van der Waals surface area contributed by atoms with E-state index in [1.807, 2.05) is 54.6 Å². The molecule has 0 spiro atoms. The molecule has 1 heterocycles. The van der Waals surface area contributed by atoms with Crippen molar-refractivity contribution in [2.45, 2.75) is 6.61 Å². The highest BCUT2D eigenvalue weighted by atomic mass is 16.5. The Hall–Kier alpha value is -3.47. The van der Waals surface area contributed by atoms with Crippen LogP contribution in [0.1, 0.15) is 11.1 Å². The second-order valence-corrected chi connectivity index (χ2v) is 5.29. The summed E-state index contributed by atoms with van der Waals surface area (Å²) in [5, 5.41) is 7.81. The minimum absolute atomic E-state index is 0.355. The number of rotatable bonds is 7. The van der Waals surface area contributed by atoms with Crippen molar-refractivity contribution in [1.82, 2.24) is 0 Å². The van der Waals surface area contributed by atoms with Gasteiger partial charge in [-0.1, -0.05) is 0 Å². The van der Waals surface area contributed by atoms with E-state index < -0.39 is 0 Å². The smallest absolute Gasteiger partial charge is 0.127 e. The molecule has 5 heteroatoms. The molecular weight excluding hydrogens is 316 g/mol. The molecule has 0 radical (unpaired) electrons. The molecule has 0 unspecified atom stereocenters. The molecule has 0 aliphatic heterocycles. The fourth-order valence-electron chi connectivity index (χ4n) is 2.18. The molecule has 5 nitrogen and oxygen atoms in total. The van der Waals surface area contributed by atoms with E-state index in [1.165, 1.54) is 12.3 Å². The first-order valence-electron chi connectivity index (χ1n) is 7.73. The lowest BCUT2D eigenvalue weighted by Gasteiger charge is -2.08. The summed E-state index contributed by atoms with van der Waals surface area (Å²) in [5.74, 6) is 2.16. The van der Waals surface area contributed by atoms with Gasteiger partial charge in [-0.05, 0) is 72.4 Å². The molecule has 126 valence electrons. The van der Waals surface area contributed by atoms with Crippen molar-refractivity contribution in [1.29, 1.82) is 5.41 Å². The molecule has 0 saturated carbocycles. The van der Waals surface area contributed by atoms with Crippen LogP contribution in [-0.4, -0.2) is 5.71 Å². The number of allylic oxidation sites excluding steroid dienone is 1. The first-order valence-corrected chi connectivity index (χ1v) is 7.73. The zero-order valence-corrected chi connectivity index (χ0v) is 13.5. The summed E-state index contributed by atoms with van der Waals surface area (Å²) in [5.41, 5.74) is 7.41. The lowest BCUT2D eigenvalue weighted by Crippen LogP contribution is -1.96. The van der Waals surface area contributed by atoms with Crippen LogP contribution in [0.3, 0.4) is 0 Å². The van der Waals surface area contributed by atoms with Crippen molar-refractivity contribution < 1.29 is 13.9 Å². The Balaban J connectivity index is 1.58. The molecule has 2 aromatic carbocycles. The molecule has 0 saturated heterocycles. The second-order valence-electron chi connectivity index (χ2n) is 5.29. The SMILES string of the molecule is N=C(C=CN)c1ccc(Oc2ccc(OCc3ccoc3)cc2)cc1. The van der Waals surface area contributed by atoms with E-state index in [4.69, 9.17) is 25.0 Å². The van der Waals surface area contributed by atoms with Crippen molar-refractivity contribution in [3.8, 4) is 17.2 Å². The highest BCUT2D eigenvalue weighted by molar-refractivity contribution is 6.06. The van der Waals surface area contributed by atoms with E-state index in [2.05, 4.69) is 0 Å². The normalized spacial score (nSPS) is 10.7. The summed E-state index contributed by atoms with van der Waals surface area (Å²) in [6.07, 6.45) is 6.17. The van der Waals surface area contributed by atoms with Crippen LogP contribution in [0.5, 0.6) is 17.2 Å². The Bertz CT molecular complexity index is 836. The van der Waals surface area contributed by atoms with Gasteiger partial charge in [0, 0.05) is 5.56 Å². The monoisotopic (exact) mass is 334 g/mol. The van der Waals surface area contributed by atoms with E-state index in [0.717, 1.165) is 16.9 Å². The average Bonchev–Trinajstić information content (AvgIpc) is 3.15. The van der Waals surface area contributed by atoms with Crippen LogP contribution < -0.4 is 15.2 Å². The highest BCUT2D eigenvalue weighted by Gasteiger charge is 2.02. The Kier molecular flexibility index (Phi) is 5.16. The van der Waals surface area contributed by atoms with Gasteiger partial charge in [-0.2, -0.15) is 0 Å². The Morgan fingerprint density at radius 1 is 0.960 bits per heavy atom. The fourth-order valence-corrected chi connectivity index (χ4v) is 2.18. The number of nitrogens with one attached hydrogen (secondary N) is 1. The largest absolute Gasteiger partial charge is 0.489 e. The summed E-state index contributed by atoms with van der Waals surface area (Å²) in [6.45, 7) is 0.460. The predicted octanol–water partition coefficient (Wildman–Crippen LogP) is 4.49. The quantitative estimate of drug-likeness (QED) is 0.624. The van der Waals surface area contributed by atoms with Crippen LogP contribution in [0.4, 0.5) is 0 Å². The van der Waals surface area contributed by atoms with Crippen molar-refractivity contribution in [2.75, 3.05) is 0 Å². The summed E-state index contributed by atoms with van der Waals surface area (Å²) in [7, 11) is 0. The van der Waals surface area contributed by atoms with Crippen LogP contribution in [-0.2, 0) is 6.61 Å². The first-order chi connectivity index (χ1) is 12.2.